The molecule has 0 amide bonds. The first-order valence-electron chi connectivity index (χ1n) is 5.36. The quantitative estimate of drug-likeness (QED) is 0.620. The average Bonchev–Trinajstić information content (AvgIpc) is 2.38. The van der Waals surface area contributed by atoms with E-state index in [9.17, 15) is 0 Å². The molecule has 0 radical (unpaired) electrons. The van der Waals surface area contributed by atoms with Crippen LogP contribution in [0.15, 0.2) is 30.3 Å². The molecule has 100 valence electrons. The number of rotatable bonds is 3. The highest BCUT2D eigenvalue weighted by Gasteiger charge is 2.08. The number of methoxy groups -OCH3 is 1. The summed E-state index contributed by atoms with van der Waals surface area (Å²) in [4.78, 5) is 0. The third-order valence-electron chi connectivity index (χ3n) is 2.54. The number of benzene rings is 2. The summed E-state index contributed by atoms with van der Waals surface area (Å²) in [7, 11) is 1.58. The molecule has 0 aromatic heterocycles. The Morgan fingerprint density at radius 3 is 2.32 bits per heavy atom. The minimum Gasteiger partial charge on any atom is -0.497 e. The Kier molecular flexibility index (Phi) is 4.30. The maximum absolute atomic E-state index is 6.10. The zero-order chi connectivity index (χ0) is 14.0. The molecule has 3 N–H and O–H groups in total. The van der Waals surface area contributed by atoms with Crippen LogP contribution in [0.3, 0.4) is 0 Å². The Hall–Kier alpha value is -1.29. The summed E-state index contributed by atoms with van der Waals surface area (Å²) in [5.74, 6) is 0.688. The van der Waals surface area contributed by atoms with Crippen molar-refractivity contribution in [2.75, 3.05) is 18.2 Å². The van der Waals surface area contributed by atoms with E-state index in [-0.39, 0.29) is 0 Å². The van der Waals surface area contributed by atoms with E-state index in [4.69, 9.17) is 45.3 Å². The molecule has 2 aromatic rings. The fourth-order valence-electron chi connectivity index (χ4n) is 1.53. The minimum absolute atomic E-state index is 0.399. The van der Waals surface area contributed by atoms with Crippen molar-refractivity contribution in [1.82, 2.24) is 0 Å². The van der Waals surface area contributed by atoms with Crippen molar-refractivity contribution in [2.45, 2.75) is 0 Å². The molecule has 3 nitrogen and oxygen atoms in total. The molecule has 0 aliphatic carbocycles. The smallest absolute Gasteiger partial charge is 0.121 e. The Bertz CT molecular complexity index is 617. The number of halogens is 3. The van der Waals surface area contributed by atoms with Crippen LogP contribution in [0.25, 0.3) is 0 Å². The van der Waals surface area contributed by atoms with Crippen molar-refractivity contribution in [3.8, 4) is 5.75 Å². The van der Waals surface area contributed by atoms with Crippen molar-refractivity contribution in [1.29, 1.82) is 0 Å². The molecule has 0 saturated heterocycles. The normalized spacial score (nSPS) is 10.3. The van der Waals surface area contributed by atoms with Crippen molar-refractivity contribution >= 4 is 51.9 Å². The largest absolute Gasteiger partial charge is 0.497 e. The Morgan fingerprint density at radius 1 is 0.947 bits per heavy atom. The first-order chi connectivity index (χ1) is 9.01. The maximum atomic E-state index is 6.10. The van der Waals surface area contributed by atoms with Crippen LogP contribution >= 0.6 is 34.8 Å². The summed E-state index contributed by atoms with van der Waals surface area (Å²) < 4.78 is 5.14. The fourth-order valence-corrected chi connectivity index (χ4v) is 2.13. The number of nitrogens with two attached hydrogens (primary N) is 1. The van der Waals surface area contributed by atoms with E-state index < -0.39 is 0 Å². The third kappa shape index (κ3) is 3.18. The average molecular weight is 318 g/mol. The summed E-state index contributed by atoms with van der Waals surface area (Å²) in [6.07, 6.45) is 0. The molecule has 0 heterocycles. The lowest BCUT2D eigenvalue weighted by Gasteiger charge is -2.13. The highest BCUT2D eigenvalue weighted by molar-refractivity contribution is 6.44. The maximum Gasteiger partial charge on any atom is 0.121 e. The summed E-state index contributed by atoms with van der Waals surface area (Å²) in [5.41, 5.74) is 7.76. The highest BCUT2D eigenvalue weighted by atomic mass is 35.5. The summed E-state index contributed by atoms with van der Waals surface area (Å²) in [6.45, 7) is 0. The van der Waals surface area contributed by atoms with Gasteiger partial charge in [0.1, 0.15) is 5.75 Å². The molecule has 2 aromatic carbocycles. The predicted molar refractivity (Wildman–Crippen MR) is 82.2 cm³/mol. The van der Waals surface area contributed by atoms with E-state index in [1.54, 1.807) is 37.4 Å². The van der Waals surface area contributed by atoms with Crippen molar-refractivity contribution in [3.05, 3.63) is 45.4 Å². The summed E-state index contributed by atoms with van der Waals surface area (Å²) in [5, 5.41) is 4.37. The van der Waals surface area contributed by atoms with Crippen LogP contribution in [0.2, 0.25) is 15.1 Å². The van der Waals surface area contributed by atoms with Crippen LogP contribution in [0.1, 0.15) is 0 Å². The Balaban J connectivity index is 2.38. The second-order valence-electron chi connectivity index (χ2n) is 3.82. The van der Waals surface area contributed by atoms with Gasteiger partial charge in [-0.3, -0.25) is 0 Å². The van der Waals surface area contributed by atoms with Crippen LogP contribution in [0.5, 0.6) is 5.75 Å². The third-order valence-corrected chi connectivity index (χ3v) is 3.57. The molecular weight excluding hydrogens is 307 g/mol. The monoisotopic (exact) mass is 316 g/mol. The van der Waals surface area contributed by atoms with Gasteiger partial charge >= 0.3 is 0 Å². The minimum atomic E-state index is 0.399. The molecule has 0 aliphatic rings. The van der Waals surface area contributed by atoms with Gasteiger partial charge in [0.2, 0.25) is 0 Å². The van der Waals surface area contributed by atoms with Gasteiger partial charge < -0.3 is 15.8 Å². The number of anilines is 3. The highest BCUT2D eigenvalue weighted by Crippen LogP contribution is 2.35. The first kappa shape index (κ1) is 14.1. The van der Waals surface area contributed by atoms with E-state index >= 15 is 0 Å². The molecular formula is C13H11Cl3N2O. The topological polar surface area (TPSA) is 47.3 Å². The second-order valence-corrected chi connectivity index (χ2v) is 5.05. The summed E-state index contributed by atoms with van der Waals surface area (Å²) >= 11 is 17.9. The lowest BCUT2D eigenvalue weighted by molar-refractivity contribution is 0.415. The molecule has 0 fully saturated rings. The van der Waals surface area contributed by atoms with Gasteiger partial charge in [0.05, 0.1) is 39.2 Å². The number of nitrogens with one attached hydrogen (secondary N) is 1. The van der Waals surface area contributed by atoms with Crippen LogP contribution in [-0.4, -0.2) is 7.11 Å². The van der Waals surface area contributed by atoms with Crippen LogP contribution in [0.4, 0.5) is 17.1 Å². The van der Waals surface area contributed by atoms with Gasteiger partial charge in [-0.1, -0.05) is 34.8 Å². The van der Waals surface area contributed by atoms with Crippen LogP contribution in [0, 0.1) is 0 Å². The standard InChI is InChI=1S/C13H11Cl3N2O/c1-19-7-2-3-11(17)13(4-7)18-12-6-9(15)8(14)5-10(12)16/h2-6,18H,17H2,1H3. The molecule has 0 aliphatic heterocycles. The van der Waals surface area contributed by atoms with Crippen molar-refractivity contribution < 1.29 is 4.74 Å². The van der Waals surface area contributed by atoms with E-state index in [0.29, 0.717) is 37.9 Å². The number of ether oxygens (including phenoxy) is 1. The second kappa shape index (κ2) is 5.78. The molecule has 0 spiro atoms. The Labute approximate surface area is 126 Å². The van der Waals surface area contributed by atoms with Gasteiger partial charge in [0.25, 0.3) is 0 Å². The van der Waals surface area contributed by atoms with Gasteiger partial charge in [-0.15, -0.1) is 0 Å². The fraction of sp³-hybridized carbons (Fsp3) is 0.0769. The molecule has 0 saturated carbocycles. The van der Waals surface area contributed by atoms with Gasteiger partial charge in [0.15, 0.2) is 0 Å². The molecule has 0 bridgehead atoms. The zero-order valence-corrected chi connectivity index (χ0v) is 12.3. The van der Waals surface area contributed by atoms with Crippen molar-refractivity contribution in [2.24, 2.45) is 0 Å². The lowest BCUT2D eigenvalue weighted by Crippen LogP contribution is -1.98. The van der Waals surface area contributed by atoms with E-state index in [1.165, 1.54) is 0 Å². The lowest BCUT2D eigenvalue weighted by atomic mass is 10.2. The first-order valence-corrected chi connectivity index (χ1v) is 6.49. The molecule has 19 heavy (non-hydrogen) atoms. The summed E-state index contributed by atoms with van der Waals surface area (Å²) in [6, 6.07) is 8.51. The molecule has 0 atom stereocenters. The predicted octanol–water partition coefficient (Wildman–Crippen LogP) is 4.98. The van der Waals surface area contributed by atoms with Gasteiger partial charge in [-0.2, -0.15) is 0 Å². The molecule has 0 unspecified atom stereocenters. The van der Waals surface area contributed by atoms with Gasteiger partial charge in [-0.25, -0.2) is 0 Å². The van der Waals surface area contributed by atoms with Crippen molar-refractivity contribution in [3.63, 3.8) is 0 Å². The van der Waals surface area contributed by atoms with E-state index in [2.05, 4.69) is 5.32 Å². The van der Waals surface area contributed by atoms with Crippen LogP contribution in [-0.2, 0) is 0 Å². The molecule has 2 rings (SSSR count). The van der Waals surface area contributed by atoms with Gasteiger partial charge in [0, 0.05) is 6.07 Å². The number of nitrogen functional groups attached to an aromatic ring is 1. The van der Waals surface area contributed by atoms with E-state index in [1.807, 2.05) is 0 Å². The Morgan fingerprint density at radius 2 is 1.63 bits per heavy atom. The SMILES string of the molecule is COc1ccc(N)c(Nc2cc(Cl)c(Cl)cc2Cl)c1. The van der Waals surface area contributed by atoms with Crippen LogP contribution < -0.4 is 15.8 Å². The number of hydrogen-bond donors (Lipinski definition) is 2. The van der Waals surface area contributed by atoms with Gasteiger partial charge in [-0.05, 0) is 24.3 Å². The van der Waals surface area contributed by atoms with E-state index in [0.717, 1.165) is 0 Å². The molecule has 6 heteroatoms. The zero-order valence-electron chi connectivity index (χ0n) is 10.0. The number of hydrogen-bond acceptors (Lipinski definition) is 3.